The smallest absolute Gasteiger partial charge is 0.273 e. The van der Waals surface area contributed by atoms with Gasteiger partial charge in [0.05, 0.1) is 0 Å². The first-order valence-corrected chi connectivity index (χ1v) is 7.78. The Labute approximate surface area is 128 Å². The van der Waals surface area contributed by atoms with Gasteiger partial charge in [-0.2, -0.15) is 4.98 Å². The molecule has 1 aromatic carbocycles. The Bertz CT molecular complexity index is 832. The minimum Gasteiger partial charge on any atom is -0.446 e. The Morgan fingerprint density at radius 3 is 2.59 bits per heavy atom. The van der Waals surface area contributed by atoms with Crippen LogP contribution in [0.15, 0.2) is 28.7 Å². The summed E-state index contributed by atoms with van der Waals surface area (Å²) < 4.78 is 11.9. The Morgan fingerprint density at radius 2 is 1.82 bits per heavy atom. The number of nitrogens with zero attached hydrogens (tertiary/aromatic N) is 2. The lowest BCUT2D eigenvalue weighted by molar-refractivity contribution is -0.852. The van der Waals surface area contributed by atoms with Crippen molar-refractivity contribution in [2.24, 2.45) is 0 Å². The molecule has 1 aliphatic heterocycles. The predicted molar refractivity (Wildman–Crippen MR) is 84.4 cm³/mol. The number of furan rings is 1. The lowest BCUT2D eigenvalue weighted by Crippen LogP contribution is -3.11. The van der Waals surface area contributed by atoms with Crippen molar-refractivity contribution in [3.05, 3.63) is 30.1 Å². The van der Waals surface area contributed by atoms with Crippen molar-refractivity contribution in [1.82, 2.24) is 9.97 Å². The summed E-state index contributed by atoms with van der Waals surface area (Å²) in [4.78, 5) is 10.6. The van der Waals surface area contributed by atoms with E-state index in [-0.39, 0.29) is 12.2 Å². The summed E-state index contributed by atoms with van der Waals surface area (Å²) >= 11 is 0. The van der Waals surface area contributed by atoms with Crippen LogP contribution in [0, 0.1) is 6.92 Å². The number of fused-ring (bicyclic) bond motifs is 3. The van der Waals surface area contributed by atoms with Crippen LogP contribution in [0.4, 0.5) is 5.82 Å². The molecule has 0 spiro atoms. The minimum absolute atomic E-state index is 0.216. The first-order valence-electron chi connectivity index (χ1n) is 7.78. The standard InChI is InChI=1S/C17H19N3O2/c1-10-8-20(9-11(2)21-10)17-16-15(18-12(3)19-17)13-6-4-5-7-14(13)22-16/h4-7,10-11H,8-9H2,1-3H3/p+1. The molecule has 3 aromatic rings. The minimum atomic E-state index is 0.216. The summed E-state index contributed by atoms with van der Waals surface area (Å²) in [5.41, 5.74) is 2.59. The molecule has 2 atom stereocenters. The van der Waals surface area contributed by atoms with Crippen LogP contribution in [0.2, 0.25) is 0 Å². The van der Waals surface area contributed by atoms with Gasteiger partial charge in [-0.25, -0.2) is 4.98 Å². The number of rotatable bonds is 1. The zero-order valence-electron chi connectivity index (χ0n) is 13.1. The highest BCUT2D eigenvalue weighted by Crippen LogP contribution is 2.29. The monoisotopic (exact) mass is 298 g/mol. The third-order valence-electron chi connectivity index (χ3n) is 4.20. The molecule has 22 heavy (non-hydrogen) atoms. The van der Waals surface area contributed by atoms with Gasteiger partial charge in [-0.1, -0.05) is 12.1 Å². The summed E-state index contributed by atoms with van der Waals surface area (Å²) in [7, 11) is 0. The predicted octanol–water partition coefficient (Wildman–Crippen LogP) is 2.01. The van der Waals surface area contributed by atoms with Gasteiger partial charge in [-0.15, -0.1) is 0 Å². The van der Waals surface area contributed by atoms with E-state index in [1.807, 2.05) is 25.1 Å². The van der Waals surface area contributed by atoms with Crippen molar-refractivity contribution in [1.29, 1.82) is 0 Å². The second kappa shape index (κ2) is 5.04. The molecule has 0 radical (unpaired) electrons. The average molecular weight is 298 g/mol. The summed E-state index contributed by atoms with van der Waals surface area (Å²) in [6, 6.07) is 8.03. The Hall–Kier alpha value is -1.98. The van der Waals surface area contributed by atoms with Crippen molar-refractivity contribution < 1.29 is 14.1 Å². The van der Waals surface area contributed by atoms with E-state index >= 15 is 0 Å². The number of hydrogen-bond acceptors (Lipinski definition) is 4. The van der Waals surface area contributed by atoms with Crippen LogP contribution in [-0.4, -0.2) is 35.3 Å². The Balaban J connectivity index is 1.93. The van der Waals surface area contributed by atoms with E-state index in [1.165, 1.54) is 4.90 Å². The largest absolute Gasteiger partial charge is 0.446 e. The average Bonchev–Trinajstić information content (AvgIpc) is 2.84. The van der Waals surface area contributed by atoms with Gasteiger partial charge in [0.1, 0.15) is 42.2 Å². The number of para-hydroxylation sites is 1. The lowest BCUT2D eigenvalue weighted by Gasteiger charge is -2.31. The van der Waals surface area contributed by atoms with Gasteiger partial charge in [0.2, 0.25) is 5.58 Å². The number of morpholine rings is 1. The summed E-state index contributed by atoms with van der Waals surface area (Å²) in [6.45, 7) is 7.95. The second-order valence-corrected chi connectivity index (χ2v) is 6.16. The SMILES string of the molecule is Cc1nc([NH+]2CC(C)OC(C)C2)c2oc3ccccc3c2n1. The molecular formula is C17H20N3O2+. The van der Waals surface area contributed by atoms with Crippen molar-refractivity contribution in [2.75, 3.05) is 13.1 Å². The number of ether oxygens (including phenoxy) is 1. The molecule has 0 aliphatic carbocycles. The molecule has 1 N–H and O–H groups in total. The van der Waals surface area contributed by atoms with E-state index in [0.717, 1.165) is 46.8 Å². The maximum Gasteiger partial charge on any atom is 0.273 e. The number of nitrogens with one attached hydrogen (secondary N) is 1. The fraction of sp³-hybridized carbons (Fsp3) is 0.412. The first-order chi connectivity index (χ1) is 10.6. The van der Waals surface area contributed by atoms with Crippen molar-refractivity contribution >= 4 is 27.9 Å². The van der Waals surface area contributed by atoms with Gasteiger partial charge in [-0.3, -0.25) is 4.90 Å². The summed E-state index contributed by atoms with van der Waals surface area (Å²) in [6.07, 6.45) is 0.432. The lowest BCUT2D eigenvalue weighted by atomic mass is 10.2. The topological polar surface area (TPSA) is 52.6 Å². The molecule has 2 unspecified atom stereocenters. The number of hydrogen-bond donors (Lipinski definition) is 1. The molecule has 2 aromatic heterocycles. The van der Waals surface area contributed by atoms with E-state index < -0.39 is 0 Å². The third kappa shape index (κ3) is 2.17. The van der Waals surface area contributed by atoms with E-state index in [4.69, 9.17) is 14.1 Å². The van der Waals surface area contributed by atoms with E-state index in [9.17, 15) is 0 Å². The fourth-order valence-electron chi connectivity index (χ4n) is 3.41. The number of aryl methyl sites for hydroxylation is 1. The molecule has 0 bridgehead atoms. The molecule has 5 heteroatoms. The van der Waals surface area contributed by atoms with Gasteiger partial charge in [-0.05, 0) is 32.9 Å². The van der Waals surface area contributed by atoms with Crippen LogP contribution in [0.25, 0.3) is 22.1 Å². The van der Waals surface area contributed by atoms with E-state index in [0.29, 0.717) is 0 Å². The fourth-order valence-corrected chi connectivity index (χ4v) is 3.41. The van der Waals surface area contributed by atoms with Gasteiger partial charge in [0.25, 0.3) is 5.82 Å². The normalized spacial score (nSPS) is 25.9. The first kappa shape index (κ1) is 13.7. The number of quaternary nitrogens is 1. The van der Waals surface area contributed by atoms with E-state index in [1.54, 1.807) is 0 Å². The third-order valence-corrected chi connectivity index (χ3v) is 4.20. The summed E-state index contributed by atoms with van der Waals surface area (Å²) in [5, 5.41) is 1.05. The molecule has 5 nitrogen and oxygen atoms in total. The highest BCUT2D eigenvalue weighted by Gasteiger charge is 2.31. The number of aromatic nitrogens is 2. The van der Waals surface area contributed by atoms with Crippen LogP contribution >= 0.6 is 0 Å². The van der Waals surface area contributed by atoms with Crippen LogP contribution in [0.3, 0.4) is 0 Å². The van der Waals surface area contributed by atoms with Crippen LogP contribution in [0.5, 0.6) is 0 Å². The van der Waals surface area contributed by atoms with Gasteiger partial charge in [0, 0.05) is 5.39 Å². The van der Waals surface area contributed by atoms with Gasteiger partial charge >= 0.3 is 0 Å². The Kier molecular flexibility index (Phi) is 3.13. The highest BCUT2D eigenvalue weighted by atomic mass is 16.5. The maximum atomic E-state index is 6.08. The molecule has 3 heterocycles. The van der Waals surface area contributed by atoms with Gasteiger partial charge < -0.3 is 9.15 Å². The molecule has 114 valence electrons. The number of benzene rings is 1. The quantitative estimate of drug-likeness (QED) is 0.746. The van der Waals surface area contributed by atoms with Crippen LogP contribution < -0.4 is 4.90 Å². The second-order valence-electron chi connectivity index (χ2n) is 6.16. The van der Waals surface area contributed by atoms with Gasteiger partial charge in [0.15, 0.2) is 0 Å². The molecule has 1 saturated heterocycles. The van der Waals surface area contributed by atoms with Crippen LogP contribution in [-0.2, 0) is 4.74 Å². The molecule has 1 aliphatic rings. The summed E-state index contributed by atoms with van der Waals surface area (Å²) in [5.74, 6) is 1.74. The maximum absolute atomic E-state index is 6.08. The molecule has 1 fully saturated rings. The zero-order chi connectivity index (χ0) is 15.3. The van der Waals surface area contributed by atoms with Crippen molar-refractivity contribution in [2.45, 2.75) is 33.0 Å². The van der Waals surface area contributed by atoms with Crippen molar-refractivity contribution in [3.8, 4) is 0 Å². The van der Waals surface area contributed by atoms with E-state index in [2.05, 4.69) is 24.9 Å². The molecule has 0 amide bonds. The molecule has 4 rings (SSSR count). The molecule has 0 saturated carbocycles. The Morgan fingerprint density at radius 1 is 1.09 bits per heavy atom. The van der Waals surface area contributed by atoms with Crippen LogP contribution in [0.1, 0.15) is 19.7 Å². The van der Waals surface area contributed by atoms with Crippen molar-refractivity contribution in [3.63, 3.8) is 0 Å². The molecular weight excluding hydrogens is 278 g/mol. The highest BCUT2D eigenvalue weighted by molar-refractivity contribution is 6.04. The zero-order valence-corrected chi connectivity index (χ0v) is 13.1.